The molecular weight excluding hydrogens is 220 g/mol. The van der Waals surface area contributed by atoms with E-state index in [1.54, 1.807) is 45.2 Å². The average molecular weight is 238 g/mol. The van der Waals surface area contributed by atoms with Crippen LogP contribution in [0.2, 0.25) is 0 Å². The second-order valence-electron chi connectivity index (χ2n) is 4.14. The first-order chi connectivity index (χ1) is 7.96. The Morgan fingerprint density at radius 3 is 2.12 bits per heavy atom. The molecule has 0 heterocycles. The van der Waals surface area contributed by atoms with Gasteiger partial charge in [0, 0.05) is 0 Å². The van der Waals surface area contributed by atoms with E-state index >= 15 is 0 Å². The van der Waals surface area contributed by atoms with Gasteiger partial charge in [0.05, 0.1) is 14.2 Å². The SMILES string of the molecule is COC(=O)C(O)(c1ccc(OC)cc1)C(C)C. The van der Waals surface area contributed by atoms with Crippen LogP contribution in [0.3, 0.4) is 0 Å². The van der Waals surface area contributed by atoms with Crippen LogP contribution < -0.4 is 4.74 Å². The topological polar surface area (TPSA) is 55.8 Å². The second-order valence-corrected chi connectivity index (χ2v) is 4.14. The summed E-state index contributed by atoms with van der Waals surface area (Å²) in [6, 6.07) is 6.72. The van der Waals surface area contributed by atoms with Gasteiger partial charge in [-0.1, -0.05) is 26.0 Å². The van der Waals surface area contributed by atoms with Crippen molar-refractivity contribution in [2.24, 2.45) is 5.92 Å². The van der Waals surface area contributed by atoms with Gasteiger partial charge in [-0.05, 0) is 23.6 Å². The zero-order chi connectivity index (χ0) is 13.1. The Kier molecular flexibility index (Phi) is 4.12. The number of hydrogen-bond acceptors (Lipinski definition) is 4. The van der Waals surface area contributed by atoms with Crippen LogP contribution in [0.1, 0.15) is 19.4 Å². The van der Waals surface area contributed by atoms with Crippen LogP contribution in [-0.2, 0) is 15.1 Å². The molecule has 0 saturated heterocycles. The summed E-state index contributed by atoms with van der Waals surface area (Å²) in [5.41, 5.74) is -1.12. The molecule has 0 fully saturated rings. The van der Waals surface area contributed by atoms with Crippen molar-refractivity contribution in [1.29, 1.82) is 0 Å². The van der Waals surface area contributed by atoms with Gasteiger partial charge >= 0.3 is 5.97 Å². The van der Waals surface area contributed by atoms with E-state index in [9.17, 15) is 9.90 Å². The monoisotopic (exact) mass is 238 g/mol. The molecule has 1 N–H and O–H groups in total. The van der Waals surface area contributed by atoms with Crippen molar-refractivity contribution in [1.82, 2.24) is 0 Å². The number of rotatable bonds is 4. The third kappa shape index (κ3) is 2.42. The lowest BCUT2D eigenvalue weighted by atomic mass is 9.83. The molecule has 0 spiro atoms. The highest BCUT2D eigenvalue weighted by molar-refractivity contribution is 5.81. The lowest BCUT2D eigenvalue weighted by Gasteiger charge is -2.29. The lowest BCUT2D eigenvalue weighted by Crippen LogP contribution is -2.41. The van der Waals surface area contributed by atoms with Gasteiger partial charge in [-0.2, -0.15) is 0 Å². The molecule has 1 atom stereocenters. The summed E-state index contributed by atoms with van der Waals surface area (Å²) in [6.07, 6.45) is 0. The maximum atomic E-state index is 11.7. The molecule has 0 aromatic heterocycles. The zero-order valence-corrected chi connectivity index (χ0v) is 10.6. The molecule has 1 aromatic carbocycles. The predicted molar refractivity (Wildman–Crippen MR) is 63.7 cm³/mol. The Morgan fingerprint density at radius 2 is 1.76 bits per heavy atom. The van der Waals surface area contributed by atoms with Gasteiger partial charge < -0.3 is 14.6 Å². The number of carbonyl (C=O) groups excluding carboxylic acids is 1. The van der Waals surface area contributed by atoms with Crippen LogP contribution in [0.25, 0.3) is 0 Å². The Bertz CT molecular complexity index is 383. The van der Waals surface area contributed by atoms with Crippen molar-refractivity contribution in [3.05, 3.63) is 29.8 Å². The molecule has 4 nitrogen and oxygen atoms in total. The van der Waals surface area contributed by atoms with E-state index in [4.69, 9.17) is 4.74 Å². The standard InChI is InChI=1S/C13H18O4/c1-9(2)13(15,12(14)17-4)10-5-7-11(16-3)8-6-10/h5-9,15H,1-4H3. The molecule has 94 valence electrons. The molecule has 0 bridgehead atoms. The molecule has 0 aliphatic heterocycles. The van der Waals surface area contributed by atoms with Crippen molar-refractivity contribution < 1.29 is 19.4 Å². The molecule has 0 radical (unpaired) electrons. The first kappa shape index (κ1) is 13.5. The second kappa shape index (κ2) is 5.19. The number of carbonyl (C=O) groups is 1. The van der Waals surface area contributed by atoms with Gasteiger partial charge in [-0.15, -0.1) is 0 Å². The zero-order valence-electron chi connectivity index (χ0n) is 10.6. The van der Waals surface area contributed by atoms with Crippen molar-refractivity contribution in [3.8, 4) is 5.75 Å². The van der Waals surface area contributed by atoms with Crippen molar-refractivity contribution in [2.75, 3.05) is 14.2 Å². The molecule has 1 aromatic rings. The summed E-state index contributed by atoms with van der Waals surface area (Å²) < 4.78 is 9.70. The first-order valence-electron chi connectivity index (χ1n) is 5.42. The van der Waals surface area contributed by atoms with Gasteiger partial charge in [-0.3, -0.25) is 0 Å². The van der Waals surface area contributed by atoms with Crippen LogP contribution in [0.5, 0.6) is 5.75 Å². The normalized spacial score (nSPS) is 14.2. The number of aliphatic hydroxyl groups is 1. The number of benzene rings is 1. The highest BCUT2D eigenvalue weighted by Crippen LogP contribution is 2.31. The molecule has 0 aliphatic rings. The van der Waals surface area contributed by atoms with Gasteiger partial charge in [-0.25, -0.2) is 4.79 Å². The fourth-order valence-corrected chi connectivity index (χ4v) is 1.69. The Labute approximate surface area is 101 Å². The molecule has 1 unspecified atom stereocenters. The van der Waals surface area contributed by atoms with E-state index in [1.165, 1.54) is 7.11 Å². The molecule has 0 aliphatic carbocycles. The minimum absolute atomic E-state index is 0.289. The van der Waals surface area contributed by atoms with E-state index in [0.29, 0.717) is 11.3 Å². The molecule has 0 amide bonds. The summed E-state index contributed by atoms with van der Waals surface area (Å²) in [4.78, 5) is 11.7. The number of esters is 1. The Hall–Kier alpha value is -1.55. The van der Waals surface area contributed by atoms with Gasteiger partial charge in [0.25, 0.3) is 0 Å². The van der Waals surface area contributed by atoms with E-state index in [-0.39, 0.29) is 5.92 Å². The third-order valence-corrected chi connectivity index (χ3v) is 2.86. The maximum Gasteiger partial charge on any atom is 0.342 e. The van der Waals surface area contributed by atoms with E-state index in [0.717, 1.165) is 0 Å². The maximum absolute atomic E-state index is 11.7. The predicted octanol–water partition coefficient (Wildman–Crippen LogP) is 1.71. The summed E-state index contributed by atoms with van der Waals surface area (Å²) in [6.45, 7) is 3.53. The van der Waals surface area contributed by atoms with Crippen molar-refractivity contribution >= 4 is 5.97 Å². The van der Waals surface area contributed by atoms with Crippen LogP contribution in [0, 0.1) is 5.92 Å². The largest absolute Gasteiger partial charge is 0.497 e. The van der Waals surface area contributed by atoms with Crippen LogP contribution in [-0.4, -0.2) is 25.3 Å². The van der Waals surface area contributed by atoms with E-state index in [2.05, 4.69) is 4.74 Å². The molecular formula is C13H18O4. The van der Waals surface area contributed by atoms with Gasteiger partial charge in [0.1, 0.15) is 5.75 Å². The highest BCUT2D eigenvalue weighted by atomic mass is 16.5. The van der Waals surface area contributed by atoms with Crippen LogP contribution in [0.4, 0.5) is 0 Å². The fraction of sp³-hybridized carbons (Fsp3) is 0.462. The first-order valence-corrected chi connectivity index (χ1v) is 5.42. The number of methoxy groups -OCH3 is 2. The van der Waals surface area contributed by atoms with Crippen molar-refractivity contribution in [2.45, 2.75) is 19.4 Å². The third-order valence-electron chi connectivity index (χ3n) is 2.86. The summed E-state index contributed by atoms with van der Waals surface area (Å²) in [5.74, 6) is -0.272. The Morgan fingerprint density at radius 1 is 1.24 bits per heavy atom. The molecule has 1 rings (SSSR count). The van der Waals surface area contributed by atoms with Crippen LogP contribution >= 0.6 is 0 Å². The average Bonchev–Trinajstić information content (AvgIpc) is 2.36. The minimum atomic E-state index is -1.62. The highest BCUT2D eigenvalue weighted by Gasteiger charge is 2.42. The summed E-state index contributed by atoms with van der Waals surface area (Å²) in [5, 5.41) is 10.5. The fourth-order valence-electron chi connectivity index (χ4n) is 1.69. The van der Waals surface area contributed by atoms with Crippen molar-refractivity contribution in [3.63, 3.8) is 0 Å². The van der Waals surface area contributed by atoms with E-state index in [1.807, 2.05) is 0 Å². The quantitative estimate of drug-likeness (QED) is 0.811. The summed E-state index contributed by atoms with van der Waals surface area (Å²) >= 11 is 0. The molecule has 17 heavy (non-hydrogen) atoms. The molecule has 0 saturated carbocycles. The van der Waals surface area contributed by atoms with Gasteiger partial charge in [0.2, 0.25) is 0 Å². The lowest BCUT2D eigenvalue weighted by molar-refractivity contribution is -0.169. The van der Waals surface area contributed by atoms with Crippen LogP contribution in [0.15, 0.2) is 24.3 Å². The van der Waals surface area contributed by atoms with E-state index < -0.39 is 11.6 Å². The number of ether oxygens (including phenoxy) is 2. The smallest absolute Gasteiger partial charge is 0.342 e. The number of hydrogen-bond donors (Lipinski definition) is 1. The molecule has 4 heteroatoms. The van der Waals surface area contributed by atoms with Gasteiger partial charge in [0.15, 0.2) is 5.60 Å². The summed E-state index contributed by atoms with van der Waals surface area (Å²) in [7, 11) is 2.82. The Balaban J connectivity index is 3.18. The minimum Gasteiger partial charge on any atom is -0.497 e.